The van der Waals surface area contributed by atoms with Crippen molar-refractivity contribution in [3.05, 3.63) is 70.3 Å². The maximum absolute atomic E-state index is 10.9. The zero-order valence-electron chi connectivity index (χ0n) is 14.7. The molecule has 0 atom stereocenters. The van der Waals surface area contributed by atoms with Crippen molar-refractivity contribution >= 4 is 22.4 Å². The predicted octanol–water partition coefficient (Wildman–Crippen LogP) is 3.56. The van der Waals surface area contributed by atoms with Crippen molar-refractivity contribution in [2.24, 2.45) is 0 Å². The van der Waals surface area contributed by atoms with E-state index < -0.39 is 4.92 Å². The zero-order chi connectivity index (χ0) is 18.6. The van der Waals surface area contributed by atoms with E-state index in [1.165, 1.54) is 12.1 Å². The summed E-state index contributed by atoms with van der Waals surface area (Å²) in [6.07, 6.45) is 0. The number of ether oxygens (including phenoxy) is 2. The summed E-state index contributed by atoms with van der Waals surface area (Å²) in [4.78, 5) is 17.5. The van der Waals surface area contributed by atoms with Gasteiger partial charge in [0.15, 0.2) is 0 Å². The number of nitrogens with zero attached hydrogens (tertiary/aromatic N) is 3. The first-order chi connectivity index (χ1) is 13.2. The van der Waals surface area contributed by atoms with Crippen molar-refractivity contribution < 1.29 is 14.4 Å². The average molecular weight is 365 g/mol. The molecule has 0 N–H and O–H groups in total. The summed E-state index contributed by atoms with van der Waals surface area (Å²) < 4.78 is 11.4. The second kappa shape index (κ2) is 7.59. The first-order valence-electron chi connectivity index (χ1n) is 8.79. The minimum absolute atomic E-state index is 0.0572. The van der Waals surface area contributed by atoms with Crippen molar-refractivity contribution in [2.45, 2.75) is 6.61 Å². The van der Waals surface area contributed by atoms with E-state index in [-0.39, 0.29) is 12.3 Å². The van der Waals surface area contributed by atoms with Crippen molar-refractivity contribution in [1.29, 1.82) is 0 Å². The van der Waals surface area contributed by atoms with E-state index in [1.54, 1.807) is 6.07 Å². The Labute approximate surface area is 156 Å². The lowest BCUT2D eigenvalue weighted by atomic mass is 10.2. The van der Waals surface area contributed by atoms with E-state index in [9.17, 15) is 10.1 Å². The molecule has 0 unspecified atom stereocenters. The molecule has 1 aliphatic rings. The van der Waals surface area contributed by atoms with Crippen molar-refractivity contribution in [3.8, 4) is 5.75 Å². The average Bonchev–Trinajstić information content (AvgIpc) is 2.72. The third kappa shape index (κ3) is 3.83. The third-order valence-corrected chi connectivity index (χ3v) is 4.52. The van der Waals surface area contributed by atoms with Crippen LogP contribution in [-0.4, -0.2) is 36.2 Å². The molecule has 1 saturated heterocycles. The highest BCUT2D eigenvalue weighted by Crippen LogP contribution is 2.27. The molecule has 138 valence electrons. The molecule has 4 rings (SSSR count). The van der Waals surface area contributed by atoms with Crippen LogP contribution in [0.4, 0.5) is 11.5 Å². The van der Waals surface area contributed by atoms with Gasteiger partial charge in [0, 0.05) is 30.6 Å². The number of pyridine rings is 1. The Morgan fingerprint density at radius 2 is 1.93 bits per heavy atom. The lowest BCUT2D eigenvalue weighted by Gasteiger charge is -2.28. The molecule has 0 radical (unpaired) electrons. The second-order valence-electron chi connectivity index (χ2n) is 6.31. The first kappa shape index (κ1) is 17.2. The molecule has 0 bridgehead atoms. The number of hydrogen-bond donors (Lipinski definition) is 0. The van der Waals surface area contributed by atoms with Crippen LogP contribution < -0.4 is 9.64 Å². The molecule has 0 aliphatic carbocycles. The molecule has 0 saturated carbocycles. The Kier molecular flexibility index (Phi) is 4.84. The van der Waals surface area contributed by atoms with Gasteiger partial charge in [-0.3, -0.25) is 10.1 Å². The Bertz CT molecular complexity index is 970. The molecule has 2 aromatic carbocycles. The zero-order valence-corrected chi connectivity index (χ0v) is 14.7. The van der Waals surface area contributed by atoms with E-state index in [4.69, 9.17) is 14.5 Å². The van der Waals surface area contributed by atoms with Gasteiger partial charge in [0.25, 0.3) is 5.69 Å². The van der Waals surface area contributed by atoms with Crippen LogP contribution in [0, 0.1) is 10.1 Å². The van der Waals surface area contributed by atoms with Gasteiger partial charge in [-0.2, -0.15) is 0 Å². The van der Waals surface area contributed by atoms with E-state index in [0.29, 0.717) is 19.0 Å². The van der Waals surface area contributed by atoms with Gasteiger partial charge in [-0.25, -0.2) is 4.98 Å². The van der Waals surface area contributed by atoms with Crippen LogP contribution in [-0.2, 0) is 11.3 Å². The third-order valence-electron chi connectivity index (χ3n) is 4.52. The highest BCUT2D eigenvalue weighted by atomic mass is 16.6. The summed E-state index contributed by atoms with van der Waals surface area (Å²) in [6.45, 7) is 3.27. The summed E-state index contributed by atoms with van der Waals surface area (Å²) in [7, 11) is 0. The van der Waals surface area contributed by atoms with Crippen molar-refractivity contribution in [2.75, 3.05) is 31.2 Å². The number of aromatic nitrogens is 1. The maximum atomic E-state index is 10.9. The van der Waals surface area contributed by atoms with E-state index in [2.05, 4.69) is 4.90 Å². The van der Waals surface area contributed by atoms with Gasteiger partial charge in [0.05, 0.1) is 18.1 Å². The summed E-state index contributed by atoms with van der Waals surface area (Å²) in [6, 6.07) is 16.3. The number of benzene rings is 2. The van der Waals surface area contributed by atoms with Gasteiger partial charge in [-0.15, -0.1) is 0 Å². The summed E-state index contributed by atoms with van der Waals surface area (Å²) in [5.41, 5.74) is 1.58. The molecule has 7 nitrogen and oxygen atoms in total. The molecule has 0 amide bonds. The van der Waals surface area contributed by atoms with Crippen molar-refractivity contribution in [1.82, 2.24) is 4.98 Å². The number of hydrogen-bond acceptors (Lipinski definition) is 6. The van der Waals surface area contributed by atoms with Gasteiger partial charge in [0.2, 0.25) is 0 Å². The molecule has 2 heterocycles. The number of anilines is 1. The van der Waals surface area contributed by atoms with Crippen LogP contribution in [0.25, 0.3) is 10.9 Å². The number of nitro benzene ring substituents is 1. The Hall–Kier alpha value is -3.19. The Morgan fingerprint density at radius 1 is 1.11 bits per heavy atom. The van der Waals surface area contributed by atoms with Crippen LogP contribution in [0.15, 0.2) is 54.6 Å². The molecule has 0 spiro atoms. The minimum Gasteiger partial charge on any atom is -0.487 e. The standard InChI is InChI=1S/C20H19N3O4/c24-23(25)17-5-1-3-15(13-17)14-27-18-6-2-4-16-7-8-19(21-20(16)18)22-9-11-26-12-10-22/h1-8,13H,9-12,14H2. The number of non-ortho nitro benzene ring substituents is 1. The van der Waals surface area contributed by atoms with Crippen LogP contribution in [0.5, 0.6) is 5.75 Å². The fraction of sp³-hybridized carbons (Fsp3) is 0.250. The number of fused-ring (bicyclic) bond motifs is 1. The van der Waals surface area contributed by atoms with Gasteiger partial charge in [-0.05, 0) is 23.8 Å². The lowest BCUT2D eigenvalue weighted by Crippen LogP contribution is -2.36. The first-order valence-corrected chi connectivity index (χ1v) is 8.79. The summed E-state index contributed by atoms with van der Waals surface area (Å²) in [5, 5.41) is 11.9. The van der Waals surface area contributed by atoms with Crippen LogP contribution in [0.2, 0.25) is 0 Å². The van der Waals surface area contributed by atoms with Crippen LogP contribution in [0.3, 0.4) is 0 Å². The van der Waals surface area contributed by atoms with Gasteiger partial charge >= 0.3 is 0 Å². The summed E-state index contributed by atoms with van der Waals surface area (Å²) >= 11 is 0. The predicted molar refractivity (Wildman–Crippen MR) is 102 cm³/mol. The fourth-order valence-corrected chi connectivity index (χ4v) is 3.12. The number of rotatable bonds is 5. The second-order valence-corrected chi connectivity index (χ2v) is 6.31. The molecule has 1 aromatic heterocycles. The highest BCUT2D eigenvalue weighted by molar-refractivity contribution is 5.86. The van der Waals surface area contributed by atoms with Crippen LogP contribution >= 0.6 is 0 Å². The van der Waals surface area contributed by atoms with Gasteiger partial charge in [0.1, 0.15) is 23.7 Å². The monoisotopic (exact) mass is 365 g/mol. The van der Waals surface area contributed by atoms with E-state index >= 15 is 0 Å². The fourth-order valence-electron chi connectivity index (χ4n) is 3.12. The number of nitro groups is 1. The van der Waals surface area contributed by atoms with E-state index in [0.717, 1.165) is 35.4 Å². The molecule has 1 fully saturated rings. The Balaban J connectivity index is 1.59. The van der Waals surface area contributed by atoms with Gasteiger partial charge in [-0.1, -0.05) is 24.3 Å². The lowest BCUT2D eigenvalue weighted by molar-refractivity contribution is -0.384. The minimum atomic E-state index is -0.405. The van der Waals surface area contributed by atoms with Gasteiger partial charge < -0.3 is 14.4 Å². The van der Waals surface area contributed by atoms with E-state index in [1.807, 2.05) is 36.4 Å². The summed E-state index contributed by atoms with van der Waals surface area (Å²) in [5.74, 6) is 1.56. The number of para-hydroxylation sites is 1. The molecule has 27 heavy (non-hydrogen) atoms. The SMILES string of the molecule is O=[N+]([O-])c1cccc(COc2cccc3ccc(N4CCOCC4)nc23)c1. The highest BCUT2D eigenvalue weighted by Gasteiger charge is 2.14. The normalized spacial score (nSPS) is 14.3. The van der Waals surface area contributed by atoms with Crippen molar-refractivity contribution in [3.63, 3.8) is 0 Å². The molecule has 3 aromatic rings. The molecule has 1 aliphatic heterocycles. The number of morpholine rings is 1. The van der Waals surface area contributed by atoms with Crippen LogP contribution in [0.1, 0.15) is 5.56 Å². The Morgan fingerprint density at radius 3 is 2.74 bits per heavy atom. The molecule has 7 heteroatoms. The molecular weight excluding hydrogens is 346 g/mol. The molecular formula is C20H19N3O4. The maximum Gasteiger partial charge on any atom is 0.269 e. The largest absolute Gasteiger partial charge is 0.487 e. The topological polar surface area (TPSA) is 77.7 Å². The quantitative estimate of drug-likeness (QED) is 0.508. The smallest absolute Gasteiger partial charge is 0.269 e.